The first-order valence-corrected chi connectivity index (χ1v) is 10.5. The fourth-order valence-corrected chi connectivity index (χ4v) is 4.58. The van der Waals surface area contributed by atoms with Gasteiger partial charge in [-0.05, 0) is 56.5 Å². The van der Waals surface area contributed by atoms with Gasteiger partial charge in [0.1, 0.15) is 0 Å². The molecule has 0 spiro atoms. The molecule has 0 bridgehead atoms. The molecule has 3 heterocycles. The van der Waals surface area contributed by atoms with E-state index in [0.717, 1.165) is 60.6 Å². The van der Waals surface area contributed by atoms with Crippen LogP contribution in [0.1, 0.15) is 36.5 Å². The van der Waals surface area contributed by atoms with Gasteiger partial charge in [-0.3, -0.25) is 4.79 Å². The summed E-state index contributed by atoms with van der Waals surface area (Å²) in [5.41, 5.74) is 4.98. The van der Waals surface area contributed by atoms with E-state index >= 15 is 0 Å². The first-order valence-electron chi connectivity index (χ1n) is 10.5. The van der Waals surface area contributed by atoms with E-state index in [-0.39, 0.29) is 5.91 Å². The molecule has 1 saturated heterocycles. The Morgan fingerprint density at radius 3 is 2.59 bits per heavy atom. The average molecular weight is 386 g/mol. The number of carbonyl (C=O) groups excluding carboxylic acids is 1. The number of hydrogen-bond acceptors (Lipinski definition) is 2. The predicted octanol–water partition coefficient (Wildman–Crippen LogP) is 4.84. The summed E-state index contributed by atoms with van der Waals surface area (Å²) in [5, 5.41) is 1.22. The van der Waals surface area contributed by atoms with Crippen molar-refractivity contribution in [2.24, 2.45) is 7.05 Å². The number of aromatic nitrogens is 3. The van der Waals surface area contributed by atoms with Gasteiger partial charge < -0.3 is 14.0 Å². The maximum absolute atomic E-state index is 12.9. The summed E-state index contributed by atoms with van der Waals surface area (Å²) in [4.78, 5) is 19.8. The Kier molecular flexibility index (Phi) is 4.38. The number of likely N-dealkylation sites (tertiary alicyclic amines) is 1. The van der Waals surface area contributed by atoms with Crippen LogP contribution in [0.15, 0.2) is 48.5 Å². The molecule has 5 nitrogen and oxygen atoms in total. The maximum Gasteiger partial charge on any atom is 0.253 e. The summed E-state index contributed by atoms with van der Waals surface area (Å²) in [6.45, 7) is 4.76. The van der Waals surface area contributed by atoms with Crippen LogP contribution in [0, 0.1) is 0 Å². The zero-order chi connectivity index (χ0) is 20.0. The fraction of sp³-hybridized carbons (Fsp3) is 0.333. The minimum atomic E-state index is 0.126. The number of para-hydroxylation sites is 1. The third-order valence-electron chi connectivity index (χ3n) is 6.13. The van der Waals surface area contributed by atoms with Crippen LogP contribution in [0.25, 0.3) is 33.5 Å². The molecule has 0 radical (unpaired) electrons. The van der Waals surface area contributed by atoms with Crippen molar-refractivity contribution in [3.63, 3.8) is 0 Å². The molecular weight excluding hydrogens is 360 g/mol. The normalized spacial score (nSPS) is 14.8. The Balaban J connectivity index is 1.60. The van der Waals surface area contributed by atoms with Crippen molar-refractivity contribution in [1.82, 2.24) is 19.0 Å². The van der Waals surface area contributed by atoms with Crippen LogP contribution < -0.4 is 0 Å². The zero-order valence-electron chi connectivity index (χ0n) is 17.1. The van der Waals surface area contributed by atoms with E-state index in [1.165, 1.54) is 17.3 Å². The summed E-state index contributed by atoms with van der Waals surface area (Å²) in [6.07, 6.45) is 3.42. The lowest BCUT2D eigenvalue weighted by molar-refractivity contribution is 0.0724. The van der Waals surface area contributed by atoms with Gasteiger partial charge in [0.05, 0.1) is 16.7 Å². The van der Waals surface area contributed by atoms with Crippen molar-refractivity contribution in [2.45, 2.75) is 32.7 Å². The van der Waals surface area contributed by atoms with Gasteiger partial charge in [0.25, 0.3) is 5.91 Å². The fourth-order valence-electron chi connectivity index (χ4n) is 4.58. The van der Waals surface area contributed by atoms with Crippen molar-refractivity contribution in [3.05, 3.63) is 54.1 Å². The van der Waals surface area contributed by atoms with Crippen LogP contribution in [-0.4, -0.2) is 38.0 Å². The van der Waals surface area contributed by atoms with Crippen LogP contribution >= 0.6 is 0 Å². The number of nitrogens with zero attached hydrogens (tertiary/aromatic N) is 4. The lowest BCUT2D eigenvalue weighted by atomic mass is 10.1. The molecule has 1 aliphatic rings. The van der Waals surface area contributed by atoms with Gasteiger partial charge in [0, 0.05) is 43.1 Å². The summed E-state index contributed by atoms with van der Waals surface area (Å²) >= 11 is 0. The second kappa shape index (κ2) is 7.07. The highest BCUT2D eigenvalue weighted by Crippen LogP contribution is 2.30. The SMILES string of the molecule is CCn1c(-c2nc3cc(C(=O)N4CCCCC4)ccc3n2C)cc2ccccc21. The molecule has 5 heteroatoms. The second-order valence-electron chi connectivity index (χ2n) is 7.88. The standard InChI is InChI=1S/C24H26N4O/c1-3-28-20-10-6-5-9-17(20)16-22(28)23-25-19-15-18(11-12-21(19)26(23)2)24(29)27-13-7-4-8-14-27/h5-6,9-12,15-16H,3-4,7-8,13-14H2,1-2H3. The van der Waals surface area contributed by atoms with E-state index in [1.807, 2.05) is 23.1 Å². The molecule has 2 aromatic heterocycles. The third-order valence-corrected chi connectivity index (χ3v) is 6.13. The molecule has 0 saturated carbocycles. The number of fused-ring (bicyclic) bond motifs is 2. The number of aryl methyl sites for hydroxylation is 2. The Bertz CT molecular complexity index is 1210. The minimum Gasteiger partial charge on any atom is -0.339 e. The molecule has 5 rings (SSSR count). The molecule has 2 aromatic carbocycles. The van der Waals surface area contributed by atoms with Gasteiger partial charge >= 0.3 is 0 Å². The third kappa shape index (κ3) is 2.92. The number of piperidine rings is 1. The van der Waals surface area contributed by atoms with Gasteiger partial charge in [-0.1, -0.05) is 18.2 Å². The number of rotatable bonds is 3. The Morgan fingerprint density at radius 2 is 1.79 bits per heavy atom. The van der Waals surface area contributed by atoms with Crippen LogP contribution in [0.5, 0.6) is 0 Å². The summed E-state index contributed by atoms with van der Waals surface area (Å²) < 4.78 is 4.43. The minimum absolute atomic E-state index is 0.126. The molecule has 0 unspecified atom stereocenters. The number of amides is 1. The van der Waals surface area contributed by atoms with Crippen molar-refractivity contribution < 1.29 is 4.79 Å². The van der Waals surface area contributed by atoms with Crippen molar-refractivity contribution >= 4 is 27.8 Å². The topological polar surface area (TPSA) is 43.1 Å². The smallest absolute Gasteiger partial charge is 0.253 e. The van der Waals surface area contributed by atoms with E-state index in [2.05, 4.69) is 53.4 Å². The van der Waals surface area contributed by atoms with Crippen LogP contribution in [0.4, 0.5) is 0 Å². The molecule has 0 aliphatic carbocycles. The Labute approximate surface area is 170 Å². The quantitative estimate of drug-likeness (QED) is 0.506. The van der Waals surface area contributed by atoms with E-state index < -0.39 is 0 Å². The van der Waals surface area contributed by atoms with Gasteiger partial charge in [-0.15, -0.1) is 0 Å². The highest BCUT2D eigenvalue weighted by Gasteiger charge is 2.20. The lowest BCUT2D eigenvalue weighted by Gasteiger charge is -2.26. The first-order chi connectivity index (χ1) is 14.2. The van der Waals surface area contributed by atoms with Gasteiger partial charge in [-0.25, -0.2) is 4.98 Å². The number of hydrogen-bond donors (Lipinski definition) is 0. The number of carbonyl (C=O) groups is 1. The van der Waals surface area contributed by atoms with Crippen LogP contribution in [0.3, 0.4) is 0 Å². The van der Waals surface area contributed by atoms with Gasteiger partial charge in [-0.2, -0.15) is 0 Å². The molecule has 1 aliphatic heterocycles. The summed E-state index contributed by atoms with van der Waals surface area (Å²) in [6, 6.07) is 16.6. The lowest BCUT2D eigenvalue weighted by Crippen LogP contribution is -2.35. The van der Waals surface area contributed by atoms with E-state index in [0.29, 0.717) is 0 Å². The molecule has 148 valence electrons. The largest absolute Gasteiger partial charge is 0.339 e. The number of imidazole rings is 1. The maximum atomic E-state index is 12.9. The van der Waals surface area contributed by atoms with E-state index in [9.17, 15) is 4.79 Å². The van der Waals surface area contributed by atoms with Crippen LogP contribution in [0.2, 0.25) is 0 Å². The van der Waals surface area contributed by atoms with Gasteiger partial charge in [0.15, 0.2) is 5.82 Å². The second-order valence-corrected chi connectivity index (χ2v) is 7.88. The molecule has 29 heavy (non-hydrogen) atoms. The first kappa shape index (κ1) is 18.0. The van der Waals surface area contributed by atoms with Gasteiger partial charge in [0.2, 0.25) is 0 Å². The summed E-state index contributed by atoms with van der Waals surface area (Å²) in [5.74, 6) is 1.06. The Hall–Kier alpha value is -3.08. The van der Waals surface area contributed by atoms with Crippen molar-refractivity contribution in [3.8, 4) is 11.5 Å². The molecule has 0 atom stereocenters. The highest BCUT2D eigenvalue weighted by molar-refractivity contribution is 5.98. The molecule has 4 aromatic rings. The van der Waals surface area contributed by atoms with Crippen LogP contribution in [-0.2, 0) is 13.6 Å². The van der Waals surface area contributed by atoms with Crippen molar-refractivity contribution in [1.29, 1.82) is 0 Å². The monoisotopic (exact) mass is 386 g/mol. The zero-order valence-corrected chi connectivity index (χ0v) is 17.1. The molecule has 1 amide bonds. The van der Waals surface area contributed by atoms with E-state index in [1.54, 1.807) is 0 Å². The van der Waals surface area contributed by atoms with E-state index in [4.69, 9.17) is 4.98 Å². The van der Waals surface area contributed by atoms with Crippen molar-refractivity contribution in [2.75, 3.05) is 13.1 Å². The Morgan fingerprint density at radius 1 is 1.00 bits per heavy atom. The summed E-state index contributed by atoms with van der Waals surface area (Å²) in [7, 11) is 2.05. The predicted molar refractivity (Wildman–Crippen MR) is 117 cm³/mol. The molecular formula is C24H26N4O. The number of benzene rings is 2. The average Bonchev–Trinajstić information content (AvgIpc) is 3.30. The molecule has 0 N–H and O–H groups in total. The molecule has 1 fully saturated rings. The highest BCUT2D eigenvalue weighted by atomic mass is 16.2.